The number of likely N-dealkylation sites (tertiary alicyclic amines) is 1. The monoisotopic (exact) mass is 358 g/mol. The molecule has 142 valence electrons. The number of rotatable bonds is 6. The van der Waals surface area contributed by atoms with Crippen LogP contribution >= 0.6 is 0 Å². The maximum Gasteiger partial charge on any atom is 0.251 e. The summed E-state index contributed by atoms with van der Waals surface area (Å²) in [4.78, 5) is 15.2. The van der Waals surface area contributed by atoms with Crippen molar-refractivity contribution in [3.63, 3.8) is 0 Å². The molecule has 0 unspecified atom stereocenters. The van der Waals surface area contributed by atoms with E-state index in [4.69, 9.17) is 9.47 Å². The summed E-state index contributed by atoms with van der Waals surface area (Å²) in [6, 6.07) is 8.28. The minimum absolute atomic E-state index is 0.0194. The maximum absolute atomic E-state index is 12.7. The zero-order chi connectivity index (χ0) is 17.9. The number of fused-ring (bicyclic) bond motifs is 1. The van der Waals surface area contributed by atoms with Crippen molar-refractivity contribution in [3.8, 4) is 0 Å². The fourth-order valence-corrected chi connectivity index (χ4v) is 4.81. The van der Waals surface area contributed by atoms with Gasteiger partial charge in [0.05, 0.1) is 12.7 Å². The highest BCUT2D eigenvalue weighted by Crippen LogP contribution is 2.43. The van der Waals surface area contributed by atoms with Gasteiger partial charge in [0.2, 0.25) is 0 Å². The molecule has 1 amide bonds. The second kappa shape index (κ2) is 8.07. The van der Waals surface area contributed by atoms with E-state index in [1.807, 2.05) is 12.1 Å². The first-order chi connectivity index (χ1) is 12.8. The number of nitrogens with zero attached hydrogens (tertiary/aromatic N) is 1. The van der Waals surface area contributed by atoms with Crippen LogP contribution in [0.15, 0.2) is 24.3 Å². The Hall–Kier alpha value is -1.43. The lowest BCUT2D eigenvalue weighted by atomic mass is 9.67. The van der Waals surface area contributed by atoms with Gasteiger partial charge in [0, 0.05) is 43.7 Å². The van der Waals surface area contributed by atoms with E-state index >= 15 is 0 Å². The fourth-order valence-electron chi connectivity index (χ4n) is 4.81. The highest BCUT2D eigenvalue weighted by Gasteiger charge is 2.54. The molecule has 3 fully saturated rings. The first-order valence-corrected chi connectivity index (χ1v) is 9.99. The molecule has 4 atom stereocenters. The fraction of sp³-hybridized carbons (Fsp3) is 0.667. The van der Waals surface area contributed by atoms with Crippen LogP contribution in [0.2, 0.25) is 0 Å². The molecule has 0 spiro atoms. The average Bonchev–Trinajstić information content (AvgIpc) is 3.10. The minimum atomic E-state index is 0.0194. The number of methoxy groups -OCH3 is 1. The number of ether oxygens (including phenoxy) is 2. The zero-order valence-corrected chi connectivity index (χ0v) is 15.7. The summed E-state index contributed by atoms with van der Waals surface area (Å²) in [6.45, 7) is 4.81. The van der Waals surface area contributed by atoms with Crippen LogP contribution in [0.25, 0.3) is 0 Å². The van der Waals surface area contributed by atoms with Crippen LogP contribution in [0.1, 0.15) is 41.6 Å². The highest BCUT2D eigenvalue weighted by atomic mass is 16.5. The SMILES string of the molecule is COC[C@@H]1[C@@H](NC(=O)c2ccc(CN3CCCCC3)cc2)[C@@H]2CCO[C@H]12. The number of hydrogen-bond donors (Lipinski definition) is 1. The molecular weight excluding hydrogens is 328 g/mol. The van der Waals surface area contributed by atoms with Gasteiger partial charge >= 0.3 is 0 Å². The average molecular weight is 358 g/mol. The maximum atomic E-state index is 12.7. The summed E-state index contributed by atoms with van der Waals surface area (Å²) < 4.78 is 11.1. The van der Waals surface area contributed by atoms with Gasteiger partial charge in [-0.1, -0.05) is 18.6 Å². The molecular formula is C21H30N2O3. The van der Waals surface area contributed by atoms with Crippen molar-refractivity contribution in [3.05, 3.63) is 35.4 Å². The first kappa shape index (κ1) is 18.0. The smallest absolute Gasteiger partial charge is 0.251 e. The molecule has 0 radical (unpaired) electrons. The van der Waals surface area contributed by atoms with E-state index in [0.29, 0.717) is 12.5 Å². The van der Waals surface area contributed by atoms with E-state index in [-0.39, 0.29) is 24.0 Å². The number of benzene rings is 1. The third kappa shape index (κ3) is 3.66. The van der Waals surface area contributed by atoms with Gasteiger partial charge in [0.25, 0.3) is 5.91 Å². The predicted molar refractivity (Wildman–Crippen MR) is 100 cm³/mol. The summed E-state index contributed by atoms with van der Waals surface area (Å²) in [5.41, 5.74) is 2.03. The number of piperidine rings is 1. The van der Waals surface area contributed by atoms with Crippen LogP contribution in [-0.4, -0.2) is 56.4 Å². The molecule has 1 aromatic rings. The second-order valence-corrected chi connectivity index (χ2v) is 7.94. The number of amides is 1. The summed E-state index contributed by atoms with van der Waals surface area (Å²) in [6.07, 6.45) is 5.25. The molecule has 1 aromatic carbocycles. The van der Waals surface area contributed by atoms with Crippen LogP contribution < -0.4 is 5.32 Å². The van der Waals surface area contributed by atoms with E-state index in [2.05, 4.69) is 22.3 Å². The Morgan fingerprint density at radius 1 is 1.23 bits per heavy atom. The molecule has 1 N–H and O–H groups in total. The molecule has 5 nitrogen and oxygen atoms in total. The van der Waals surface area contributed by atoms with Gasteiger partial charge in [0.1, 0.15) is 0 Å². The van der Waals surface area contributed by atoms with E-state index in [1.54, 1.807) is 7.11 Å². The van der Waals surface area contributed by atoms with Crippen LogP contribution in [0.3, 0.4) is 0 Å². The van der Waals surface area contributed by atoms with E-state index in [1.165, 1.54) is 37.9 Å². The molecule has 2 heterocycles. The Kier molecular flexibility index (Phi) is 5.57. The first-order valence-electron chi connectivity index (χ1n) is 9.99. The van der Waals surface area contributed by atoms with Crippen molar-refractivity contribution in [2.45, 2.75) is 44.4 Å². The Morgan fingerprint density at radius 2 is 2.00 bits per heavy atom. The lowest BCUT2D eigenvalue weighted by molar-refractivity contribution is -0.0809. The van der Waals surface area contributed by atoms with Crippen LogP contribution in [0.4, 0.5) is 0 Å². The number of carbonyl (C=O) groups is 1. The summed E-state index contributed by atoms with van der Waals surface area (Å²) in [5, 5.41) is 3.23. The topological polar surface area (TPSA) is 50.8 Å². The van der Waals surface area contributed by atoms with Crippen molar-refractivity contribution in [2.75, 3.05) is 33.4 Å². The lowest BCUT2D eigenvalue weighted by Crippen LogP contribution is -2.62. The standard InChI is InChI=1S/C21H30N2O3/c1-25-14-18-19(17-9-12-26-20(17)18)22-21(24)16-7-5-15(6-8-16)13-23-10-3-2-4-11-23/h5-8,17-20H,2-4,9-14H2,1H3,(H,22,24)/t17-,18+,19-,20-/m0/s1. The predicted octanol–water partition coefficient (Wildman–Crippen LogP) is 2.45. The molecule has 1 saturated carbocycles. The number of carbonyl (C=O) groups excluding carboxylic acids is 1. The normalized spacial score (nSPS) is 31.3. The molecule has 0 bridgehead atoms. The molecule has 1 aliphatic carbocycles. The molecule has 0 aromatic heterocycles. The summed E-state index contributed by atoms with van der Waals surface area (Å²) >= 11 is 0. The van der Waals surface area contributed by atoms with Crippen molar-refractivity contribution < 1.29 is 14.3 Å². The van der Waals surface area contributed by atoms with Crippen LogP contribution in [0, 0.1) is 11.8 Å². The molecule has 2 saturated heterocycles. The van der Waals surface area contributed by atoms with Gasteiger partial charge in [-0.05, 0) is 50.0 Å². The largest absolute Gasteiger partial charge is 0.384 e. The molecule has 2 aliphatic heterocycles. The van der Waals surface area contributed by atoms with Gasteiger partial charge in [-0.3, -0.25) is 9.69 Å². The Labute approximate surface area is 156 Å². The van der Waals surface area contributed by atoms with E-state index < -0.39 is 0 Å². The quantitative estimate of drug-likeness (QED) is 0.849. The van der Waals surface area contributed by atoms with Gasteiger partial charge in [-0.25, -0.2) is 0 Å². The van der Waals surface area contributed by atoms with Crippen molar-refractivity contribution in [2.24, 2.45) is 11.8 Å². The van der Waals surface area contributed by atoms with Crippen molar-refractivity contribution >= 4 is 5.91 Å². The Balaban J connectivity index is 1.34. The third-order valence-corrected chi connectivity index (χ3v) is 6.26. The van der Waals surface area contributed by atoms with Crippen LogP contribution in [0.5, 0.6) is 0 Å². The van der Waals surface area contributed by atoms with Gasteiger partial charge in [-0.15, -0.1) is 0 Å². The number of nitrogens with one attached hydrogen (secondary N) is 1. The molecule has 26 heavy (non-hydrogen) atoms. The molecule has 5 heteroatoms. The summed E-state index contributed by atoms with van der Waals surface area (Å²) in [7, 11) is 1.71. The molecule has 3 aliphatic rings. The Bertz CT molecular complexity index is 612. The minimum Gasteiger partial charge on any atom is -0.384 e. The van der Waals surface area contributed by atoms with Crippen LogP contribution in [-0.2, 0) is 16.0 Å². The van der Waals surface area contributed by atoms with Crippen molar-refractivity contribution in [1.82, 2.24) is 10.2 Å². The lowest BCUT2D eigenvalue weighted by Gasteiger charge is -2.47. The van der Waals surface area contributed by atoms with Gasteiger partial charge in [0.15, 0.2) is 0 Å². The van der Waals surface area contributed by atoms with E-state index in [9.17, 15) is 4.79 Å². The molecule has 4 rings (SSSR count). The van der Waals surface area contributed by atoms with Gasteiger partial charge < -0.3 is 14.8 Å². The number of hydrogen-bond acceptors (Lipinski definition) is 4. The Morgan fingerprint density at radius 3 is 2.73 bits per heavy atom. The third-order valence-electron chi connectivity index (χ3n) is 6.26. The highest BCUT2D eigenvalue weighted by molar-refractivity contribution is 5.94. The van der Waals surface area contributed by atoms with Crippen molar-refractivity contribution in [1.29, 1.82) is 0 Å². The van der Waals surface area contributed by atoms with Gasteiger partial charge in [-0.2, -0.15) is 0 Å². The summed E-state index contributed by atoms with van der Waals surface area (Å²) in [5.74, 6) is 0.735. The van der Waals surface area contributed by atoms with E-state index in [0.717, 1.165) is 25.1 Å². The second-order valence-electron chi connectivity index (χ2n) is 7.94. The zero-order valence-electron chi connectivity index (χ0n) is 15.7.